The maximum absolute atomic E-state index is 11.4. The number of aromatic nitrogens is 3. The molecule has 0 spiro atoms. The van der Waals surface area contributed by atoms with Gasteiger partial charge in [-0.05, 0) is 37.6 Å². The Labute approximate surface area is 190 Å². The normalized spacial score (nSPS) is 21.1. The Morgan fingerprint density at radius 3 is 3.06 bits per heavy atom. The second kappa shape index (κ2) is 8.08. The first kappa shape index (κ1) is 20.0. The van der Waals surface area contributed by atoms with Crippen molar-refractivity contribution >= 4 is 28.2 Å². The van der Waals surface area contributed by atoms with Crippen molar-refractivity contribution in [1.82, 2.24) is 25.2 Å². The van der Waals surface area contributed by atoms with Gasteiger partial charge in [0.2, 0.25) is 11.8 Å². The summed E-state index contributed by atoms with van der Waals surface area (Å²) in [6.07, 6.45) is 3.10. The summed E-state index contributed by atoms with van der Waals surface area (Å²) in [7, 11) is 0. The number of benzene rings is 1. The lowest BCUT2D eigenvalue weighted by atomic mass is 10.1. The summed E-state index contributed by atoms with van der Waals surface area (Å²) in [5, 5.41) is 12.1. The minimum Gasteiger partial charge on any atom is -0.474 e. The Balaban J connectivity index is 1.31. The van der Waals surface area contributed by atoms with E-state index in [1.165, 1.54) is 5.69 Å². The highest BCUT2D eigenvalue weighted by molar-refractivity contribution is 5.94. The van der Waals surface area contributed by atoms with Gasteiger partial charge in [-0.1, -0.05) is 6.07 Å². The number of hydrogen-bond donors (Lipinski definition) is 2. The molecule has 9 nitrogen and oxygen atoms in total. The summed E-state index contributed by atoms with van der Waals surface area (Å²) in [6.45, 7) is 5.48. The maximum atomic E-state index is 11.4. The van der Waals surface area contributed by atoms with Crippen molar-refractivity contribution in [2.75, 3.05) is 31.1 Å². The Hall–Kier alpha value is -3.59. The van der Waals surface area contributed by atoms with Crippen LogP contribution in [0.1, 0.15) is 19.8 Å². The van der Waals surface area contributed by atoms with Crippen LogP contribution in [0.3, 0.4) is 0 Å². The van der Waals surface area contributed by atoms with Crippen molar-refractivity contribution in [2.45, 2.75) is 31.8 Å². The molecule has 1 unspecified atom stereocenters. The summed E-state index contributed by atoms with van der Waals surface area (Å²) >= 11 is 0. The van der Waals surface area contributed by atoms with Crippen molar-refractivity contribution in [3.8, 4) is 17.3 Å². The van der Waals surface area contributed by atoms with Gasteiger partial charge in [-0.15, -0.1) is 5.10 Å². The first-order chi connectivity index (χ1) is 16.1. The molecule has 2 aliphatic rings. The summed E-state index contributed by atoms with van der Waals surface area (Å²) in [4.78, 5) is 18.3. The standard InChI is InChI=1S/C24H26N6O3/c1-15-13-29(10-9-25-15)18-3-2-4-20-17(18)11-21(33-20)19-12-26-22-6-8-24(28-30(19)22)32-14-16-5-7-23(31)27-16/h2-4,6,8,11-12,15-16,25H,5,7,9-10,13-14H2,1H3,(H,27,31)/t15-,16?/m0/s1. The van der Waals surface area contributed by atoms with Gasteiger partial charge in [-0.2, -0.15) is 0 Å². The lowest BCUT2D eigenvalue weighted by Gasteiger charge is -2.33. The number of hydrogen-bond acceptors (Lipinski definition) is 7. The van der Waals surface area contributed by atoms with E-state index >= 15 is 0 Å². The highest BCUT2D eigenvalue weighted by Gasteiger charge is 2.22. The maximum Gasteiger partial charge on any atom is 0.231 e. The van der Waals surface area contributed by atoms with Gasteiger partial charge in [-0.3, -0.25) is 4.79 Å². The Kier molecular flexibility index (Phi) is 4.91. The van der Waals surface area contributed by atoms with Crippen LogP contribution >= 0.6 is 0 Å². The molecule has 3 aromatic heterocycles. The number of imidazole rings is 1. The van der Waals surface area contributed by atoms with E-state index in [0.717, 1.165) is 42.7 Å². The Morgan fingerprint density at radius 1 is 1.27 bits per heavy atom. The van der Waals surface area contributed by atoms with Crippen LogP contribution in [-0.4, -0.2) is 58.8 Å². The number of furan rings is 1. The largest absolute Gasteiger partial charge is 0.474 e. The zero-order valence-electron chi connectivity index (χ0n) is 18.5. The molecular weight excluding hydrogens is 420 g/mol. The average molecular weight is 447 g/mol. The predicted octanol–water partition coefficient (Wildman–Crippen LogP) is 2.60. The van der Waals surface area contributed by atoms with Crippen LogP contribution < -0.4 is 20.3 Å². The molecule has 9 heteroatoms. The van der Waals surface area contributed by atoms with E-state index in [0.29, 0.717) is 36.4 Å². The second-order valence-corrected chi connectivity index (χ2v) is 8.80. The van der Waals surface area contributed by atoms with E-state index in [1.54, 1.807) is 16.8 Å². The Morgan fingerprint density at radius 2 is 2.21 bits per heavy atom. The highest BCUT2D eigenvalue weighted by Crippen LogP contribution is 2.34. The Bertz CT molecular complexity index is 1330. The number of carbonyl (C=O) groups is 1. The molecule has 2 N–H and O–H groups in total. The molecule has 0 saturated carbocycles. The van der Waals surface area contributed by atoms with E-state index in [2.05, 4.69) is 44.7 Å². The molecule has 2 fully saturated rings. The van der Waals surface area contributed by atoms with Gasteiger partial charge in [-0.25, -0.2) is 9.50 Å². The van der Waals surface area contributed by atoms with E-state index in [9.17, 15) is 4.79 Å². The lowest BCUT2D eigenvalue weighted by Crippen LogP contribution is -2.49. The van der Waals surface area contributed by atoms with E-state index in [1.807, 2.05) is 18.2 Å². The molecule has 1 amide bonds. The summed E-state index contributed by atoms with van der Waals surface area (Å²) in [5.74, 6) is 1.26. The minimum atomic E-state index is 0.0266. The molecule has 6 rings (SSSR count). The van der Waals surface area contributed by atoms with Gasteiger partial charge < -0.3 is 24.7 Å². The van der Waals surface area contributed by atoms with E-state index in [-0.39, 0.29) is 11.9 Å². The smallest absolute Gasteiger partial charge is 0.231 e. The number of nitrogens with zero attached hydrogens (tertiary/aromatic N) is 4. The van der Waals surface area contributed by atoms with Gasteiger partial charge >= 0.3 is 0 Å². The van der Waals surface area contributed by atoms with Gasteiger partial charge in [0.15, 0.2) is 11.4 Å². The molecule has 0 radical (unpaired) electrons. The molecule has 170 valence electrons. The van der Waals surface area contributed by atoms with Gasteiger partial charge in [0.1, 0.15) is 17.9 Å². The fraction of sp³-hybridized carbons (Fsp3) is 0.375. The van der Waals surface area contributed by atoms with Crippen LogP contribution in [-0.2, 0) is 4.79 Å². The molecule has 33 heavy (non-hydrogen) atoms. The first-order valence-corrected chi connectivity index (χ1v) is 11.4. The third kappa shape index (κ3) is 3.78. The second-order valence-electron chi connectivity index (χ2n) is 8.80. The third-order valence-electron chi connectivity index (χ3n) is 6.36. The lowest BCUT2D eigenvalue weighted by molar-refractivity contribution is -0.119. The fourth-order valence-corrected chi connectivity index (χ4v) is 4.69. The van der Waals surface area contributed by atoms with Crippen LogP contribution in [0.15, 0.2) is 47.0 Å². The number of rotatable bonds is 5. The van der Waals surface area contributed by atoms with Gasteiger partial charge in [0.05, 0.1) is 12.2 Å². The molecule has 0 aliphatic carbocycles. The SMILES string of the molecule is C[C@H]1CN(c2cccc3oc(-c4cnc5ccc(OCC6CCC(=O)N6)nn45)cc23)CCN1. The average Bonchev–Trinajstić information content (AvgIpc) is 3.54. The van der Waals surface area contributed by atoms with Crippen molar-refractivity contribution in [3.63, 3.8) is 0 Å². The molecule has 2 atom stereocenters. The number of carbonyl (C=O) groups excluding carboxylic acids is 1. The molecule has 5 heterocycles. The molecular formula is C24H26N6O3. The number of anilines is 1. The molecule has 2 aliphatic heterocycles. The van der Waals surface area contributed by atoms with Crippen LogP contribution in [0.2, 0.25) is 0 Å². The van der Waals surface area contributed by atoms with Crippen molar-refractivity contribution < 1.29 is 13.9 Å². The molecule has 1 aromatic carbocycles. The van der Waals surface area contributed by atoms with E-state index < -0.39 is 0 Å². The molecule has 2 saturated heterocycles. The quantitative estimate of drug-likeness (QED) is 0.486. The van der Waals surface area contributed by atoms with Crippen molar-refractivity contribution in [2.24, 2.45) is 0 Å². The number of ether oxygens (including phenoxy) is 1. The topological polar surface area (TPSA) is 96.9 Å². The number of piperazine rings is 1. The van der Waals surface area contributed by atoms with Crippen molar-refractivity contribution in [1.29, 1.82) is 0 Å². The zero-order valence-corrected chi connectivity index (χ0v) is 18.5. The number of amides is 1. The van der Waals surface area contributed by atoms with Gasteiger partial charge in [0, 0.05) is 49.2 Å². The fourth-order valence-electron chi connectivity index (χ4n) is 4.69. The third-order valence-corrected chi connectivity index (χ3v) is 6.36. The van der Waals surface area contributed by atoms with Crippen LogP contribution in [0, 0.1) is 0 Å². The zero-order chi connectivity index (χ0) is 22.4. The highest BCUT2D eigenvalue weighted by atomic mass is 16.5. The summed E-state index contributed by atoms with van der Waals surface area (Å²) in [5.41, 5.74) is 3.50. The summed E-state index contributed by atoms with van der Waals surface area (Å²) in [6, 6.07) is 12.4. The first-order valence-electron chi connectivity index (χ1n) is 11.4. The minimum absolute atomic E-state index is 0.0266. The number of fused-ring (bicyclic) bond motifs is 2. The van der Waals surface area contributed by atoms with Crippen LogP contribution in [0.25, 0.3) is 28.1 Å². The van der Waals surface area contributed by atoms with Crippen LogP contribution in [0.4, 0.5) is 5.69 Å². The van der Waals surface area contributed by atoms with E-state index in [4.69, 9.17) is 9.15 Å². The predicted molar refractivity (Wildman–Crippen MR) is 125 cm³/mol. The van der Waals surface area contributed by atoms with Crippen LogP contribution in [0.5, 0.6) is 5.88 Å². The number of nitrogens with one attached hydrogen (secondary N) is 2. The molecule has 4 aromatic rings. The monoisotopic (exact) mass is 446 g/mol. The van der Waals surface area contributed by atoms with Crippen molar-refractivity contribution in [3.05, 3.63) is 42.6 Å². The van der Waals surface area contributed by atoms with Gasteiger partial charge in [0.25, 0.3) is 0 Å². The molecule has 0 bridgehead atoms. The summed E-state index contributed by atoms with van der Waals surface area (Å²) < 4.78 is 13.8.